The number of carbonyl (C=O) groups excluding carboxylic acids is 2. The first-order chi connectivity index (χ1) is 12.0. The Labute approximate surface area is 147 Å². The SMILES string of the molecule is CCc1cc(NC(=O)C(=O)N[C@H](c2ccccc2)[C@H]2C[C@H]2C)n(C)n1. The molecule has 25 heavy (non-hydrogen) atoms. The highest BCUT2D eigenvalue weighted by molar-refractivity contribution is 6.39. The molecule has 1 aliphatic rings. The Balaban J connectivity index is 1.68. The molecule has 0 unspecified atom stereocenters. The minimum absolute atomic E-state index is 0.132. The van der Waals surface area contributed by atoms with E-state index >= 15 is 0 Å². The van der Waals surface area contributed by atoms with Gasteiger partial charge in [0.15, 0.2) is 0 Å². The number of amides is 2. The quantitative estimate of drug-likeness (QED) is 0.821. The lowest BCUT2D eigenvalue weighted by atomic mass is 10.0. The summed E-state index contributed by atoms with van der Waals surface area (Å²) < 4.78 is 1.57. The normalized spacial score (nSPS) is 20.0. The first kappa shape index (κ1) is 17.2. The van der Waals surface area contributed by atoms with E-state index in [-0.39, 0.29) is 6.04 Å². The van der Waals surface area contributed by atoms with E-state index in [1.54, 1.807) is 17.8 Å². The van der Waals surface area contributed by atoms with Crippen LogP contribution in [0.15, 0.2) is 36.4 Å². The second-order valence-corrected chi connectivity index (χ2v) is 6.69. The number of hydrogen-bond acceptors (Lipinski definition) is 3. The van der Waals surface area contributed by atoms with Crippen LogP contribution in [-0.2, 0) is 23.1 Å². The third kappa shape index (κ3) is 3.90. The van der Waals surface area contributed by atoms with E-state index in [2.05, 4.69) is 22.7 Å². The zero-order chi connectivity index (χ0) is 18.0. The smallest absolute Gasteiger partial charge is 0.314 e. The second kappa shape index (κ2) is 7.09. The van der Waals surface area contributed by atoms with E-state index < -0.39 is 11.8 Å². The van der Waals surface area contributed by atoms with Crippen LogP contribution in [0.25, 0.3) is 0 Å². The minimum Gasteiger partial charge on any atom is -0.341 e. The van der Waals surface area contributed by atoms with Crippen LogP contribution in [0.3, 0.4) is 0 Å². The Bertz CT molecular complexity index is 769. The zero-order valence-corrected chi connectivity index (χ0v) is 14.8. The molecule has 0 spiro atoms. The summed E-state index contributed by atoms with van der Waals surface area (Å²) in [5, 5.41) is 9.82. The summed E-state index contributed by atoms with van der Waals surface area (Å²) in [6.45, 7) is 4.15. The van der Waals surface area contributed by atoms with Crippen molar-refractivity contribution in [1.29, 1.82) is 0 Å². The average molecular weight is 340 g/mol. The van der Waals surface area contributed by atoms with Crippen LogP contribution in [0.1, 0.15) is 37.6 Å². The van der Waals surface area contributed by atoms with Gasteiger partial charge in [0.2, 0.25) is 0 Å². The van der Waals surface area contributed by atoms with Gasteiger partial charge < -0.3 is 10.6 Å². The largest absolute Gasteiger partial charge is 0.341 e. The van der Waals surface area contributed by atoms with Crippen LogP contribution in [0.5, 0.6) is 0 Å². The van der Waals surface area contributed by atoms with E-state index in [0.717, 1.165) is 24.1 Å². The molecule has 2 aromatic rings. The van der Waals surface area contributed by atoms with Gasteiger partial charge in [0.1, 0.15) is 5.82 Å². The molecule has 6 heteroatoms. The van der Waals surface area contributed by atoms with Crippen molar-refractivity contribution in [3.63, 3.8) is 0 Å². The minimum atomic E-state index is -0.667. The Morgan fingerprint density at radius 1 is 1.28 bits per heavy atom. The molecule has 1 heterocycles. The molecule has 6 nitrogen and oxygen atoms in total. The van der Waals surface area contributed by atoms with Gasteiger partial charge in [0.25, 0.3) is 0 Å². The standard InChI is InChI=1S/C19H24N4O2/c1-4-14-11-16(23(3)22-14)20-18(24)19(25)21-17(15-10-12(15)2)13-8-6-5-7-9-13/h5-9,11-12,15,17H,4,10H2,1-3H3,(H,20,24)(H,21,25)/t12-,15+,17-/m1/s1. The topological polar surface area (TPSA) is 76.0 Å². The first-order valence-electron chi connectivity index (χ1n) is 8.69. The van der Waals surface area contributed by atoms with Gasteiger partial charge in [0.05, 0.1) is 11.7 Å². The first-order valence-corrected chi connectivity index (χ1v) is 8.69. The van der Waals surface area contributed by atoms with Crippen LogP contribution < -0.4 is 10.6 Å². The van der Waals surface area contributed by atoms with Gasteiger partial charge in [0, 0.05) is 13.1 Å². The molecule has 3 atom stereocenters. The summed E-state index contributed by atoms with van der Waals surface area (Å²) in [7, 11) is 1.74. The lowest BCUT2D eigenvalue weighted by molar-refractivity contribution is -0.136. The fourth-order valence-electron chi connectivity index (χ4n) is 3.11. The third-order valence-corrected chi connectivity index (χ3v) is 4.79. The van der Waals surface area contributed by atoms with Crippen molar-refractivity contribution in [3.8, 4) is 0 Å². The van der Waals surface area contributed by atoms with Gasteiger partial charge in [-0.3, -0.25) is 14.3 Å². The van der Waals surface area contributed by atoms with E-state index in [4.69, 9.17) is 0 Å². The molecule has 1 saturated carbocycles. The predicted octanol–water partition coefficient (Wildman–Crippen LogP) is 2.43. The Hall–Kier alpha value is -2.63. The molecule has 0 bridgehead atoms. The highest BCUT2D eigenvalue weighted by Gasteiger charge is 2.41. The van der Waals surface area contributed by atoms with Gasteiger partial charge in [-0.1, -0.05) is 44.2 Å². The lowest BCUT2D eigenvalue weighted by Crippen LogP contribution is -2.39. The second-order valence-electron chi connectivity index (χ2n) is 6.69. The van der Waals surface area contributed by atoms with Crippen molar-refractivity contribution in [2.24, 2.45) is 18.9 Å². The number of hydrogen-bond donors (Lipinski definition) is 2. The van der Waals surface area contributed by atoms with Crippen LogP contribution in [0.2, 0.25) is 0 Å². The monoisotopic (exact) mass is 340 g/mol. The molecule has 0 radical (unpaired) electrons. The van der Waals surface area contributed by atoms with Crippen LogP contribution in [-0.4, -0.2) is 21.6 Å². The molecule has 0 saturated heterocycles. The molecule has 1 fully saturated rings. The maximum atomic E-state index is 12.4. The molecule has 2 N–H and O–H groups in total. The number of rotatable bonds is 5. The molecule has 1 aromatic carbocycles. The Kier molecular flexibility index (Phi) is 4.88. The predicted molar refractivity (Wildman–Crippen MR) is 95.8 cm³/mol. The van der Waals surface area contributed by atoms with Crippen LogP contribution in [0.4, 0.5) is 5.82 Å². The maximum absolute atomic E-state index is 12.4. The summed E-state index contributed by atoms with van der Waals surface area (Å²) in [6.07, 6.45) is 1.83. The molecule has 0 aliphatic heterocycles. The van der Waals surface area contributed by atoms with Gasteiger partial charge >= 0.3 is 11.8 Å². The van der Waals surface area contributed by atoms with Gasteiger partial charge in [-0.15, -0.1) is 0 Å². The highest BCUT2D eigenvalue weighted by atomic mass is 16.2. The lowest BCUT2D eigenvalue weighted by Gasteiger charge is -2.19. The van der Waals surface area contributed by atoms with E-state index in [0.29, 0.717) is 17.7 Å². The van der Waals surface area contributed by atoms with Gasteiger partial charge in [-0.2, -0.15) is 5.10 Å². The number of carbonyl (C=O) groups is 2. The van der Waals surface area contributed by atoms with Crippen LogP contribution in [0, 0.1) is 11.8 Å². The number of aryl methyl sites for hydroxylation is 2. The average Bonchev–Trinajstić information content (AvgIpc) is 3.23. The fraction of sp³-hybridized carbons (Fsp3) is 0.421. The number of nitrogens with zero attached hydrogens (tertiary/aromatic N) is 2. The summed E-state index contributed by atoms with van der Waals surface area (Å²) in [5.74, 6) is 0.167. The van der Waals surface area contributed by atoms with Crippen LogP contribution >= 0.6 is 0 Å². The molecule has 2 amide bonds. The zero-order valence-electron chi connectivity index (χ0n) is 14.8. The molecular weight excluding hydrogens is 316 g/mol. The van der Waals surface area contributed by atoms with E-state index in [1.165, 1.54) is 0 Å². The van der Waals surface area contributed by atoms with Crippen molar-refractivity contribution in [1.82, 2.24) is 15.1 Å². The van der Waals surface area contributed by atoms with Crippen molar-refractivity contribution < 1.29 is 9.59 Å². The molecule has 1 aromatic heterocycles. The number of anilines is 1. The van der Waals surface area contributed by atoms with Crippen molar-refractivity contribution in [2.45, 2.75) is 32.7 Å². The fourth-order valence-corrected chi connectivity index (χ4v) is 3.11. The number of nitrogens with one attached hydrogen (secondary N) is 2. The third-order valence-electron chi connectivity index (χ3n) is 4.79. The van der Waals surface area contributed by atoms with Crippen molar-refractivity contribution >= 4 is 17.6 Å². The Morgan fingerprint density at radius 2 is 1.96 bits per heavy atom. The van der Waals surface area contributed by atoms with E-state index in [9.17, 15) is 9.59 Å². The van der Waals surface area contributed by atoms with Crippen molar-refractivity contribution in [2.75, 3.05) is 5.32 Å². The molecule has 1 aliphatic carbocycles. The van der Waals surface area contributed by atoms with E-state index in [1.807, 2.05) is 37.3 Å². The maximum Gasteiger partial charge on any atom is 0.314 e. The molecular formula is C19H24N4O2. The highest BCUT2D eigenvalue weighted by Crippen LogP contribution is 2.46. The summed E-state index contributed by atoms with van der Waals surface area (Å²) in [4.78, 5) is 24.7. The summed E-state index contributed by atoms with van der Waals surface area (Å²) >= 11 is 0. The van der Waals surface area contributed by atoms with Crippen molar-refractivity contribution in [3.05, 3.63) is 47.7 Å². The summed E-state index contributed by atoms with van der Waals surface area (Å²) in [6, 6.07) is 11.5. The Morgan fingerprint density at radius 3 is 2.52 bits per heavy atom. The van der Waals surface area contributed by atoms with Gasteiger partial charge in [-0.05, 0) is 30.2 Å². The molecule has 132 valence electrons. The number of benzene rings is 1. The summed E-state index contributed by atoms with van der Waals surface area (Å²) in [5.41, 5.74) is 1.90. The number of aromatic nitrogens is 2. The van der Waals surface area contributed by atoms with Gasteiger partial charge in [-0.25, -0.2) is 0 Å². The molecule has 3 rings (SSSR count).